The number of aromatic carboxylic acids is 1. The van der Waals surface area contributed by atoms with Gasteiger partial charge in [0.05, 0.1) is 24.9 Å². The van der Waals surface area contributed by atoms with Crippen molar-refractivity contribution in [1.82, 2.24) is 14.7 Å². The van der Waals surface area contributed by atoms with Gasteiger partial charge in [0.25, 0.3) is 0 Å². The number of rotatable bonds is 4. The minimum absolute atomic E-state index is 0.0177. The number of carboxylic acids is 1. The Balaban J connectivity index is 2.39. The maximum atomic E-state index is 12.8. The summed E-state index contributed by atoms with van der Waals surface area (Å²) >= 11 is 0. The average Bonchev–Trinajstić information content (AvgIpc) is 3.00. The van der Waals surface area contributed by atoms with Gasteiger partial charge >= 0.3 is 12.1 Å². The van der Waals surface area contributed by atoms with Crippen LogP contribution >= 0.6 is 0 Å². The second kappa shape index (κ2) is 7.18. The molecule has 1 aromatic heterocycles. The maximum Gasteiger partial charge on any atom is 0.411 e. The summed E-state index contributed by atoms with van der Waals surface area (Å²) in [5, 5.41) is 13.6. The fourth-order valence-corrected chi connectivity index (χ4v) is 3.95. The molecule has 0 fully saturated rings. The maximum absolute atomic E-state index is 12.8. The van der Waals surface area contributed by atoms with Crippen LogP contribution < -0.4 is 0 Å². The number of nitrogens with zero attached hydrogens (tertiary/aromatic N) is 3. The first-order valence-electron chi connectivity index (χ1n) is 9.48. The zero-order valence-corrected chi connectivity index (χ0v) is 19.4. The number of fused-ring (bicyclic) bond motifs is 1. The number of hydrogen-bond donors (Lipinski definition) is 1. The van der Waals surface area contributed by atoms with Crippen LogP contribution in [0.2, 0.25) is 18.1 Å². The lowest BCUT2D eigenvalue weighted by molar-refractivity contribution is 0.0108. The van der Waals surface area contributed by atoms with Crippen LogP contribution in [-0.4, -0.2) is 52.4 Å². The first-order chi connectivity index (χ1) is 12.5. The van der Waals surface area contributed by atoms with Crippen molar-refractivity contribution in [2.45, 2.75) is 77.9 Å². The van der Waals surface area contributed by atoms with Crippen LogP contribution in [0.5, 0.6) is 0 Å². The van der Waals surface area contributed by atoms with Crippen molar-refractivity contribution in [2.75, 3.05) is 6.61 Å². The van der Waals surface area contributed by atoms with Gasteiger partial charge in [-0.05, 0) is 38.9 Å². The molecule has 2 rings (SSSR count). The van der Waals surface area contributed by atoms with Crippen molar-refractivity contribution < 1.29 is 23.9 Å². The van der Waals surface area contributed by atoms with Gasteiger partial charge in [0, 0.05) is 12.6 Å². The molecule has 0 spiro atoms. The Kier molecular flexibility index (Phi) is 5.75. The number of aromatic nitrogens is 2. The zero-order valence-electron chi connectivity index (χ0n) is 18.4. The normalized spacial score (nSPS) is 17.6. The summed E-state index contributed by atoms with van der Waals surface area (Å²) < 4.78 is 13.5. The molecule has 0 bridgehead atoms. The zero-order chi connectivity index (χ0) is 21.7. The Hall–Kier alpha value is -1.87. The number of amides is 1. The van der Waals surface area contributed by atoms with Crippen LogP contribution in [-0.2, 0) is 22.8 Å². The van der Waals surface area contributed by atoms with Crippen LogP contribution in [0.3, 0.4) is 0 Å². The Morgan fingerprint density at radius 2 is 1.79 bits per heavy atom. The van der Waals surface area contributed by atoms with Gasteiger partial charge in [-0.2, -0.15) is 5.10 Å². The lowest BCUT2D eigenvalue weighted by Crippen LogP contribution is -2.44. The topological polar surface area (TPSA) is 93.9 Å². The van der Waals surface area contributed by atoms with Crippen molar-refractivity contribution in [3.63, 3.8) is 0 Å². The molecule has 1 unspecified atom stereocenters. The summed E-state index contributed by atoms with van der Waals surface area (Å²) in [5.74, 6) is -1.10. The number of hydrogen-bond acceptors (Lipinski definition) is 5. The highest BCUT2D eigenvalue weighted by atomic mass is 28.4. The number of ether oxygens (including phenoxy) is 1. The number of aryl methyl sites for hydroxylation is 1. The van der Waals surface area contributed by atoms with Gasteiger partial charge in [-0.1, -0.05) is 20.8 Å². The molecule has 1 amide bonds. The minimum atomic E-state index is -2.06. The highest BCUT2D eigenvalue weighted by molar-refractivity contribution is 6.74. The molecule has 9 heteroatoms. The smallest absolute Gasteiger partial charge is 0.411 e. The summed E-state index contributed by atoms with van der Waals surface area (Å²) in [6.45, 7) is 16.6. The van der Waals surface area contributed by atoms with Gasteiger partial charge < -0.3 is 14.3 Å². The van der Waals surface area contributed by atoms with Crippen molar-refractivity contribution in [3.8, 4) is 0 Å². The number of carboxylic acid groups (broad SMARTS) is 1. The van der Waals surface area contributed by atoms with E-state index < -0.39 is 32.0 Å². The molecule has 1 N–H and O–H groups in total. The van der Waals surface area contributed by atoms with E-state index in [1.807, 2.05) is 0 Å². The van der Waals surface area contributed by atoms with Crippen molar-refractivity contribution >= 4 is 20.4 Å². The summed E-state index contributed by atoms with van der Waals surface area (Å²) in [5.41, 5.74) is 0.567. The fraction of sp³-hybridized carbons (Fsp3) is 0.737. The van der Waals surface area contributed by atoms with Gasteiger partial charge in [-0.3, -0.25) is 9.58 Å². The van der Waals surface area contributed by atoms with Crippen molar-refractivity contribution in [3.05, 3.63) is 17.0 Å². The average molecular weight is 412 g/mol. The molecule has 0 saturated carbocycles. The summed E-state index contributed by atoms with van der Waals surface area (Å²) in [6, 6.07) is -0.440. The highest BCUT2D eigenvalue weighted by Gasteiger charge is 2.44. The Bertz CT molecular complexity index is 774. The monoisotopic (exact) mass is 411 g/mol. The minimum Gasteiger partial charge on any atom is -0.476 e. The quantitative estimate of drug-likeness (QED) is 0.755. The molecule has 1 atom stereocenters. The molecule has 0 saturated heterocycles. The van der Waals surface area contributed by atoms with Gasteiger partial charge in [0.1, 0.15) is 5.60 Å². The molecular weight excluding hydrogens is 378 g/mol. The van der Waals surface area contributed by atoms with E-state index in [2.05, 4.69) is 39.0 Å². The molecule has 1 aromatic rings. The molecule has 0 aliphatic carbocycles. The molecule has 158 valence electrons. The second-order valence-corrected chi connectivity index (χ2v) is 14.6. The Morgan fingerprint density at radius 1 is 1.21 bits per heavy atom. The first-order valence-corrected chi connectivity index (χ1v) is 12.4. The second-order valence-electron chi connectivity index (χ2n) is 9.84. The predicted molar refractivity (Wildman–Crippen MR) is 108 cm³/mol. The molecule has 8 nitrogen and oxygen atoms in total. The van der Waals surface area contributed by atoms with E-state index in [0.29, 0.717) is 11.3 Å². The summed E-state index contributed by atoms with van der Waals surface area (Å²) in [4.78, 5) is 26.0. The van der Waals surface area contributed by atoms with Crippen LogP contribution in [0.1, 0.15) is 69.3 Å². The highest BCUT2D eigenvalue weighted by Crippen LogP contribution is 2.40. The predicted octanol–water partition coefficient (Wildman–Crippen LogP) is 3.93. The van der Waals surface area contributed by atoms with Gasteiger partial charge in [0.2, 0.25) is 0 Å². The SMILES string of the molecule is Cn1nc(C(=O)O)c2c1C(CO[Si](C)(C)C(C)(C)C)N(C(=O)OC(C)(C)C)C2. The van der Waals surface area contributed by atoms with E-state index in [9.17, 15) is 14.7 Å². The van der Waals surface area contributed by atoms with E-state index in [4.69, 9.17) is 9.16 Å². The molecule has 28 heavy (non-hydrogen) atoms. The van der Waals surface area contributed by atoms with Crippen molar-refractivity contribution in [2.24, 2.45) is 7.05 Å². The molecule has 0 aromatic carbocycles. The van der Waals surface area contributed by atoms with Gasteiger partial charge in [-0.25, -0.2) is 9.59 Å². The lowest BCUT2D eigenvalue weighted by atomic mass is 10.1. The summed E-state index contributed by atoms with van der Waals surface area (Å²) in [6.07, 6.45) is -0.483. The largest absolute Gasteiger partial charge is 0.476 e. The summed E-state index contributed by atoms with van der Waals surface area (Å²) in [7, 11) is -0.364. The van der Waals surface area contributed by atoms with E-state index >= 15 is 0 Å². The Morgan fingerprint density at radius 3 is 2.25 bits per heavy atom. The lowest BCUT2D eigenvalue weighted by Gasteiger charge is -2.38. The molecule has 2 heterocycles. The van der Waals surface area contributed by atoms with Crippen LogP contribution in [0.15, 0.2) is 0 Å². The van der Waals surface area contributed by atoms with E-state index in [1.54, 1.807) is 37.4 Å². The van der Waals surface area contributed by atoms with E-state index in [0.717, 1.165) is 0 Å². The van der Waals surface area contributed by atoms with Gasteiger partial charge in [-0.15, -0.1) is 0 Å². The van der Waals surface area contributed by atoms with Crippen LogP contribution in [0.25, 0.3) is 0 Å². The van der Waals surface area contributed by atoms with E-state index in [-0.39, 0.29) is 23.9 Å². The van der Waals surface area contributed by atoms with Crippen molar-refractivity contribution in [1.29, 1.82) is 0 Å². The Labute approximate surface area is 167 Å². The first kappa shape index (κ1) is 22.4. The molecular formula is C19H33N3O5Si. The third-order valence-electron chi connectivity index (χ3n) is 5.45. The fourth-order valence-electron chi connectivity index (χ4n) is 2.94. The van der Waals surface area contributed by atoms with E-state index in [1.165, 1.54) is 0 Å². The van der Waals surface area contributed by atoms with Crippen LogP contribution in [0, 0.1) is 0 Å². The van der Waals surface area contributed by atoms with Crippen LogP contribution in [0.4, 0.5) is 4.79 Å². The third-order valence-corrected chi connectivity index (χ3v) is 9.95. The van der Waals surface area contributed by atoms with Gasteiger partial charge in [0.15, 0.2) is 14.0 Å². The number of carbonyl (C=O) groups excluding carboxylic acids is 1. The molecule has 1 aliphatic rings. The number of carbonyl (C=O) groups is 2. The standard InChI is InChI=1S/C19H33N3O5Si/c1-18(2,3)27-17(25)22-10-12-14(16(23)24)20-21(7)15(12)13(22)11-26-28(8,9)19(4,5)6/h13H,10-11H2,1-9H3,(H,23,24). The third kappa shape index (κ3) is 4.40. The molecule has 0 radical (unpaired) electrons. The molecule has 1 aliphatic heterocycles.